The van der Waals surface area contributed by atoms with Gasteiger partial charge in [-0.15, -0.1) is 0 Å². The normalized spacial score (nSPS) is 16.2. The fourth-order valence-electron chi connectivity index (χ4n) is 3.28. The maximum absolute atomic E-state index is 12.6. The highest BCUT2D eigenvalue weighted by atomic mass is 19.1. The Morgan fingerprint density at radius 1 is 1.14 bits per heavy atom. The van der Waals surface area contributed by atoms with Crippen LogP contribution in [0, 0.1) is 5.92 Å². The predicted octanol–water partition coefficient (Wildman–Crippen LogP) is 4.08. The zero-order valence-electron chi connectivity index (χ0n) is 15.4. The molecule has 0 spiro atoms. The Balaban J connectivity index is 1.43. The molecule has 1 unspecified atom stereocenters. The van der Waals surface area contributed by atoms with E-state index in [1.54, 1.807) is 24.3 Å². The minimum Gasteiger partial charge on any atom is -0.491 e. The topological polar surface area (TPSA) is 68.8 Å². The number of benzene rings is 2. The molecule has 148 valence electrons. The lowest BCUT2D eigenvalue weighted by Gasteiger charge is -2.23. The fourth-order valence-corrected chi connectivity index (χ4v) is 3.28. The predicted molar refractivity (Wildman–Crippen MR) is 103 cm³/mol. The second-order valence-electron chi connectivity index (χ2n) is 6.88. The van der Waals surface area contributed by atoms with Crippen molar-refractivity contribution < 1.29 is 23.4 Å². The standard InChI is InChI=1S/C21H23FN2O4/c22-8-9-26-17-3-1-2-16(13-17)23-21(25)24-20(14-4-5-14)15-6-7-18-19(12-15)28-11-10-27-18/h1-3,6-7,12-14,20H,4-5,8-11H2,(H2,23,24,25). The number of rotatable bonds is 7. The lowest BCUT2D eigenvalue weighted by Crippen LogP contribution is -2.33. The van der Waals surface area contributed by atoms with Gasteiger partial charge in [-0.05, 0) is 48.6 Å². The molecular formula is C21H23FN2O4. The SMILES string of the molecule is O=C(Nc1cccc(OCCF)c1)NC(c1ccc2c(c1)OCCO2)C1CC1. The smallest absolute Gasteiger partial charge is 0.319 e. The summed E-state index contributed by atoms with van der Waals surface area (Å²) in [6.45, 7) is 0.507. The van der Waals surface area contributed by atoms with Crippen LogP contribution in [0.25, 0.3) is 0 Å². The maximum atomic E-state index is 12.6. The number of nitrogens with one attached hydrogen (secondary N) is 2. The van der Waals surface area contributed by atoms with Crippen LogP contribution in [0.5, 0.6) is 17.2 Å². The molecule has 4 rings (SSSR count). The number of hydrogen-bond donors (Lipinski definition) is 2. The van der Waals surface area contributed by atoms with E-state index in [0.717, 1.165) is 24.2 Å². The Bertz CT molecular complexity index is 841. The monoisotopic (exact) mass is 386 g/mol. The molecule has 0 saturated heterocycles. The summed E-state index contributed by atoms with van der Waals surface area (Å²) < 4.78 is 28.8. The number of carbonyl (C=O) groups excluding carboxylic acids is 1. The number of ether oxygens (including phenoxy) is 3. The van der Waals surface area contributed by atoms with Gasteiger partial charge in [0.1, 0.15) is 32.2 Å². The van der Waals surface area contributed by atoms with Gasteiger partial charge in [0.25, 0.3) is 0 Å². The molecule has 28 heavy (non-hydrogen) atoms. The van der Waals surface area contributed by atoms with Gasteiger partial charge in [-0.2, -0.15) is 0 Å². The molecule has 0 bridgehead atoms. The van der Waals surface area contributed by atoms with Crippen LogP contribution in [0.3, 0.4) is 0 Å². The quantitative estimate of drug-likeness (QED) is 0.752. The molecule has 1 saturated carbocycles. The van der Waals surface area contributed by atoms with Crippen LogP contribution in [-0.4, -0.2) is 32.5 Å². The molecule has 0 aromatic heterocycles. The van der Waals surface area contributed by atoms with Crippen molar-refractivity contribution in [1.82, 2.24) is 5.32 Å². The van der Waals surface area contributed by atoms with Crippen LogP contribution in [-0.2, 0) is 0 Å². The molecule has 1 atom stereocenters. The minimum absolute atomic E-state index is 0.0104. The van der Waals surface area contributed by atoms with Gasteiger partial charge >= 0.3 is 6.03 Å². The van der Waals surface area contributed by atoms with Crippen LogP contribution in [0.15, 0.2) is 42.5 Å². The Hall–Kier alpha value is -2.96. The largest absolute Gasteiger partial charge is 0.491 e. The molecule has 1 fully saturated rings. The zero-order chi connectivity index (χ0) is 19.3. The van der Waals surface area contributed by atoms with Crippen LogP contribution >= 0.6 is 0 Å². The van der Waals surface area contributed by atoms with Crippen molar-refractivity contribution in [1.29, 1.82) is 0 Å². The van der Waals surface area contributed by atoms with Crippen molar-refractivity contribution in [2.75, 3.05) is 31.8 Å². The molecule has 1 heterocycles. The van der Waals surface area contributed by atoms with E-state index in [4.69, 9.17) is 14.2 Å². The Kier molecular flexibility index (Phi) is 5.50. The van der Waals surface area contributed by atoms with Crippen LogP contribution < -0.4 is 24.8 Å². The summed E-state index contributed by atoms with van der Waals surface area (Å²) in [6, 6.07) is 12.3. The highest BCUT2D eigenvalue weighted by Gasteiger charge is 2.34. The van der Waals surface area contributed by atoms with Crippen molar-refractivity contribution in [3.8, 4) is 17.2 Å². The molecule has 2 N–H and O–H groups in total. The van der Waals surface area contributed by atoms with E-state index in [9.17, 15) is 9.18 Å². The number of alkyl halides is 1. The summed E-state index contributed by atoms with van der Waals surface area (Å²) in [6.07, 6.45) is 2.15. The van der Waals surface area contributed by atoms with E-state index in [0.29, 0.717) is 36.3 Å². The molecule has 0 radical (unpaired) electrons. The number of halogens is 1. The van der Waals surface area contributed by atoms with Gasteiger partial charge in [0.05, 0.1) is 6.04 Å². The van der Waals surface area contributed by atoms with Crippen molar-refractivity contribution >= 4 is 11.7 Å². The first-order valence-corrected chi connectivity index (χ1v) is 9.49. The average molecular weight is 386 g/mol. The maximum Gasteiger partial charge on any atom is 0.319 e. The van der Waals surface area contributed by atoms with Gasteiger partial charge in [-0.25, -0.2) is 9.18 Å². The van der Waals surface area contributed by atoms with Gasteiger partial charge in [0.15, 0.2) is 11.5 Å². The Labute approximate surface area is 163 Å². The minimum atomic E-state index is -0.559. The second-order valence-corrected chi connectivity index (χ2v) is 6.88. The molecular weight excluding hydrogens is 363 g/mol. The third kappa shape index (κ3) is 4.47. The highest BCUT2D eigenvalue weighted by molar-refractivity contribution is 5.89. The van der Waals surface area contributed by atoms with Gasteiger partial charge < -0.3 is 24.8 Å². The second kappa shape index (κ2) is 8.37. The van der Waals surface area contributed by atoms with E-state index in [2.05, 4.69) is 10.6 Å². The third-order valence-electron chi connectivity index (χ3n) is 4.74. The van der Waals surface area contributed by atoms with E-state index in [-0.39, 0.29) is 18.7 Å². The lowest BCUT2D eigenvalue weighted by molar-refractivity contribution is 0.171. The van der Waals surface area contributed by atoms with Crippen LogP contribution in [0.4, 0.5) is 14.9 Å². The summed E-state index contributed by atoms with van der Waals surface area (Å²) in [4.78, 5) is 12.6. The summed E-state index contributed by atoms with van der Waals surface area (Å²) in [5, 5.41) is 5.89. The number of hydrogen-bond acceptors (Lipinski definition) is 4. The van der Waals surface area contributed by atoms with Gasteiger partial charge in [-0.1, -0.05) is 12.1 Å². The average Bonchev–Trinajstić information content (AvgIpc) is 3.55. The van der Waals surface area contributed by atoms with Gasteiger partial charge in [0.2, 0.25) is 0 Å². The highest BCUT2D eigenvalue weighted by Crippen LogP contribution is 2.43. The number of amides is 2. The lowest BCUT2D eigenvalue weighted by atomic mass is 10.0. The van der Waals surface area contributed by atoms with E-state index in [1.807, 2.05) is 18.2 Å². The number of urea groups is 1. The molecule has 1 aliphatic carbocycles. The van der Waals surface area contributed by atoms with E-state index in [1.165, 1.54) is 0 Å². The van der Waals surface area contributed by atoms with Crippen molar-refractivity contribution in [3.05, 3.63) is 48.0 Å². The molecule has 2 aromatic rings. The first-order valence-electron chi connectivity index (χ1n) is 9.49. The zero-order valence-corrected chi connectivity index (χ0v) is 15.4. The molecule has 2 amide bonds. The van der Waals surface area contributed by atoms with Crippen molar-refractivity contribution in [2.24, 2.45) is 5.92 Å². The molecule has 1 aliphatic heterocycles. The summed E-state index contributed by atoms with van der Waals surface area (Å²) in [5.74, 6) is 2.38. The van der Waals surface area contributed by atoms with Gasteiger partial charge in [-0.3, -0.25) is 0 Å². The summed E-state index contributed by atoms with van der Waals surface area (Å²) >= 11 is 0. The number of carbonyl (C=O) groups is 1. The first kappa shape index (κ1) is 18.4. The van der Waals surface area contributed by atoms with Crippen molar-refractivity contribution in [2.45, 2.75) is 18.9 Å². The first-order chi connectivity index (χ1) is 13.7. The van der Waals surface area contributed by atoms with Gasteiger partial charge in [0, 0.05) is 11.8 Å². The summed E-state index contributed by atoms with van der Waals surface area (Å²) in [5.41, 5.74) is 1.59. The van der Waals surface area contributed by atoms with E-state index < -0.39 is 6.67 Å². The van der Waals surface area contributed by atoms with E-state index >= 15 is 0 Å². The van der Waals surface area contributed by atoms with Crippen LogP contribution in [0.1, 0.15) is 24.4 Å². The van der Waals surface area contributed by atoms with Crippen molar-refractivity contribution in [3.63, 3.8) is 0 Å². The molecule has 2 aliphatic rings. The molecule has 7 heteroatoms. The molecule has 2 aromatic carbocycles. The number of anilines is 1. The number of fused-ring (bicyclic) bond motifs is 1. The van der Waals surface area contributed by atoms with Crippen LogP contribution in [0.2, 0.25) is 0 Å². The fraction of sp³-hybridized carbons (Fsp3) is 0.381. The Morgan fingerprint density at radius 3 is 2.75 bits per heavy atom. The Morgan fingerprint density at radius 2 is 1.96 bits per heavy atom. The molecule has 6 nitrogen and oxygen atoms in total. The summed E-state index contributed by atoms with van der Waals surface area (Å²) in [7, 11) is 0. The third-order valence-corrected chi connectivity index (χ3v) is 4.74.